The van der Waals surface area contributed by atoms with Gasteiger partial charge >= 0.3 is 0 Å². The van der Waals surface area contributed by atoms with Crippen molar-refractivity contribution in [3.8, 4) is 11.5 Å². The summed E-state index contributed by atoms with van der Waals surface area (Å²) in [5, 5.41) is 10.1. The number of nitrogens with zero attached hydrogens (tertiary/aromatic N) is 2. The molecule has 1 saturated heterocycles. The van der Waals surface area contributed by atoms with Crippen molar-refractivity contribution < 1.29 is 23.8 Å². The second-order valence-electron chi connectivity index (χ2n) is 6.93. The van der Waals surface area contributed by atoms with Gasteiger partial charge in [-0.05, 0) is 6.07 Å². The predicted octanol–water partition coefficient (Wildman–Crippen LogP) is 1.86. The van der Waals surface area contributed by atoms with Crippen LogP contribution in [0.5, 0.6) is 11.5 Å². The summed E-state index contributed by atoms with van der Waals surface area (Å²) >= 11 is 0. The highest BCUT2D eigenvalue weighted by molar-refractivity contribution is 5.93. The van der Waals surface area contributed by atoms with Crippen LogP contribution in [0.4, 0.5) is 0 Å². The Kier molecular flexibility index (Phi) is 4.11. The Morgan fingerprint density at radius 1 is 1.50 bits per heavy atom. The van der Waals surface area contributed by atoms with E-state index in [1.807, 2.05) is 25.1 Å². The molecule has 0 aliphatic carbocycles. The molecule has 0 spiro atoms. The van der Waals surface area contributed by atoms with Gasteiger partial charge in [-0.3, -0.25) is 4.79 Å². The maximum absolute atomic E-state index is 13.0. The Balaban J connectivity index is 1.66. The van der Waals surface area contributed by atoms with Crippen LogP contribution in [0.2, 0.25) is 0 Å². The summed E-state index contributed by atoms with van der Waals surface area (Å²) in [6.07, 6.45) is 1.91. The van der Waals surface area contributed by atoms with E-state index in [1.54, 1.807) is 12.0 Å². The zero-order valence-corrected chi connectivity index (χ0v) is 14.9. The summed E-state index contributed by atoms with van der Waals surface area (Å²) in [5.74, 6) is 1.91. The summed E-state index contributed by atoms with van der Waals surface area (Å²) in [4.78, 5) is 18.8. The third-order valence-corrected chi connectivity index (χ3v) is 5.53. The number of fused-ring (bicyclic) bond motifs is 3. The lowest BCUT2D eigenvalue weighted by Crippen LogP contribution is -2.42. The molecule has 1 fully saturated rings. The van der Waals surface area contributed by atoms with E-state index in [0.29, 0.717) is 37.6 Å². The SMILES string of the molecule is CCc1ocnc1C(=O)N1C[C@@H]2c3ccc(OC)cc3OC[C@]2(CO)C1. The molecule has 1 aromatic heterocycles. The number of oxazole rings is 1. The lowest BCUT2D eigenvalue weighted by molar-refractivity contribution is 0.0438. The number of carbonyl (C=O) groups excluding carboxylic acids is 1. The summed E-state index contributed by atoms with van der Waals surface area (Å²) in [6, 6.07) is 5.70. The van der Waals surface area contributed by atoms with Gasteiger partial charge < -0.3 is 23.9 Å². The number of aliphatic hydroxyl groups excluding tert-OH is 1. The van der Waals surface area contributed by atoms with Crippen molar-refractivity contribution in [1.82, 2.24) is 9.88 Å². The van der Waals surface area contributed by atoms with Crippen LogP contribution < -0.4 is 9.47 Å². The molecule has 0 unspecified atom stereocenters. The van der Waals surface area contributed by atoms with Crippen molar-refractivity contribution in [3.05, 3.63) is 41.6 Å². The molecule has 1 aromatic carbocycles. The van der Waals surface area contributed by atoms with Crippen molar-refractivity contribution in [2.75, 3.05) is 33.4 Å². The van der Waals surface area contributed by atoms with Gasteiger partial charge in [0.25, 0.3) is 5.91 Å². The number of aryl methyl sites for hydroxylation is 1. The number of carbonyl (C=O) groups is 1. The highest BCUT2D eigenvalue weighted by Crippen LogP contribution is 2.50. The molecule has 138 valence electrons. The molecule has 4 rings (SSSR count). The maximum atomic E-state index is 13.0. The highest BCUT2D eigenvalue weighted by atomic mass is 16.5. The van der Waals surface area contributed by atoms with Crippen LogP contribution in [0.15, 0.2) is 29.0 Å². The van der Waals surface area contributed by atoms with E-state index in [9.17, 15) is 9.90 Å². The number of amides is 1. The second kappa shape index (κ2) is 6.32. The fourth-order valence-corrected chi connectivity index (χ4v) is 4.03. The summed E-state index contributed by atoms with van der Waals surface area (Å²) in [7, 11) is 1.61. The predicted molar refractivity (Wildman–Crippen MR) is 92.5 cm³/mol. The molecular weight excluding hydrogens is 336 g/mol. The highest BCUT2D eigenvalue weighted by Gasteiger charge is 2.52. The molecule has 1 amide bonds. The van der Waals surface area contributed by atoms with E-state index >= 15 is 0 Å². The number of aromatic nitrogens is 1. The van der Waals surface area contributed by atoms with Gasteiger partial charge in [0.15, 0.2) is 12.1 Å². The molecule has 0 saturated carbocycles. The first-order valence-electron chi connectivity index (χ1n) is 8.75. The largest absolute Gasteiger partial charge is 0.497 e. The van der Waals surface area contributed by atoms with Crippen molar-refractivity contribution in [2.45, 2.75) is 19.3 Å². The Morgan fingerprint density at radius 3 is 3.08 bits per heavy atom. The van der Waals surface area contributed by atoms with E-state index in [-0.39, 0.29) is 18.4 Å². The van der Waals surface area contributed by atoms with Crippen molar-refractivity contribution >= 4 is 5.91 Å². The van der Waals surface area contributed by atoms with Gasteiger partial charge in [0.2, 0.25) is 0 Å². The van der Waals surface area contributed by atoms with Crippen molar-refractivity contribution in [2.24, 2.45) is 5.41 Å². The van der Waals surface area contributed by atoms with Crippen LogP contribution in [-0.2, 0) is 6.42 Å². The molecular formula is C19H22N2O5. The monoisotopic (exact) mass is 358 g/mol. The standard InChI is InChI=1S/C19H22N2O5/c1-3-15-17(20-11-26-15)18(23)21-7-14-13-5-4-12(24-2)6-16(13)25-10-19(14,8-21)9-22/h4-6,11,14,22H,3,7-10H2,1-2H3/t14-,19-/m1/s1. The molecule has 0 radical (unpaired) electrons. The van der Waals surface area contributed by atoms with Crippen LogP contribution in [0.1, 0.15) is 34.7 Å². The number of methoxy groups -OCH3 is 1. The second-order valence-corrected chi connectivity index (χ2v) is 6.93. The molecule has 2 atom stereocenters. The zero-order valence-electron chi connectivity index (χ0n) is 14.9. The van der Waals surface area contributed by atoms with E-state index in [0.717, 1.165) is 17.1 Å². The van der Waals surface area contributed by atoms with E-state index < -0.39 is 5.41 Å². The molecule has 2 aromatic rings. The lowest BCUT2D eigenvalue weighted by Gasteiger charge is -2.37. The fourth-order valence-electron chi connectivity index (χ4n) is 4.03. The van der Waals surface area contributed by atoms with Gasteiger partial charge in [-0.2, -0.15) is 0 Å². The number of hydrogen-bond acceptors (Lipinski definition) is 6. The third-order valence-electron chi connectivity index (χ3n) is 5.53. The summed E-state index contributed by atoms with van der Waals surface area (Å²) in [6.45, 7) is 3.17. The molecule has 3 heterocycles. The first-order valence-corrected chi connectivity index (χ1v) is 8.75. The summed E-state index contributed by atoms with van der Waals surface area (Å²) in [5.41, 5.74) is 0.847. The van der Waals surface area contributed by atoms with Crippen LogP contribution in [0.3, 0.4) is 0 Å². The Bertz CT molecular complexity index is 833. The van der Waals surface area contributed by atoms with Crippen LogP contribution in [-0.4, -0.2) is 54.3 Å². The van der Waals surface area contributed by atoms with Gasteiger partial charge in [-0.25, -0.2) is 4.98 Å². The minimum Gasteiger partial charge on any atom is -0.497 e. The zero-order chi connectivity index (χ0) is 18.3. The van der Waals surface area contributed by atoms with Crippen LogP contribution in [0.25, 0.3) is 0 Å². The maximum Gasteiger partial charge on any atom is 0.276 e. The summed E-state index contributed by atoms with van der Waals surface area (Å²) < 4.78 is 16.5. The van der Waals surface area contributed by atoms with Gasteiger partial charge in [0.05, 0.1) is 25.7 Å². The first-order chi connectivity index (χ1) is 12.6. The molecule has 7 heteroatoms. The van der Waals surface area contributed by atoms with E-state index in [2.05, 4.69) is 4.98 Å². The lowest BCUT2D eigenvalue weighted by atomic mass is 9.74. The molecule has 26 heavy (non-hydrogen) atoms. The number of rotatable bonds is 4. The number of benzene rings is 1. The van der Waals surface area contributed by atoms with Gasteiger partial charge in [0.1, 0.15) is 17.3 Å². The number of likely N-dealkylation sites (tertiary alicyclic amines) is 1. The number of aliphatic hydroxyl groups is 1. The van der Waals surface area contributed by atoms with Crippen molar-refractivity contribution in [3.63, 3.8) is 0 Å². The smallest absolute Gasteiger partial charge is 0.276 e. The number of hydrogen-bond donors (Lipinski definition) is 1. The van der Waals surface area contributed by atoms with Crippen LogP contribution >= 0.6 is 0 Å². The fraction of sp³-hybridized carbons (Fsp3) is 0.474. The average molecular weight is 358 g/mol. The van der Waals surface area contributed by atoms with Crippen LogP contribution in [0, 0.1) is 5.41 Å². The third kappa shape index (κ3) is 2.46. The Morgan fingerprint density at radius 2 is 2.35 bits per heavy atom. The van der Waals surface area contributed by atoms with Gasteiger partial charge in [-0.1, -0.05) is 13.0 Å². The normalized spacial score (nSPS) is 24.0. The Hall–Kier alpha value is -2.54. The van der Waals surface area contributed by atoms with Gasteiger partial charge in [-0.15, -0.1) is 0 Å². The first kappa shape index (κ1) is 16.9. The Labute approximate surface area is 151 Å². The molecule has 2 aliphatic rings. The van der Waals surface area contributed by atoms with Crippen molar-refractivity contribution in [1.29, 1.82) is 0 Å². The molecule has 1 N–H and O–H groups in total. The quantitative estimate of drug-likeness (QED) is 0.898. The van der Waals surface area contributed by atoms with Gasteiger partial charge in [0, 0.05) is 37.1 Å². The topological polar surface area (TPSA) is 85.0 Å². The minimum absolute atomic E-state index is 0.00286. The minimum atomic E-state index is -0.507. The molecule has 0 bridgehead atoms. The number of ether oxygens (including phenoxy) is 2. The molecule has 2 aliphatic heterocycles. The van der Waals surface area contributed by atoms with E-state index in [1.165, 1.54) is 6.39 Å². The molecule has 7 nitrogen and oxygen atoms in total. The van der Waals surface area contributed by atoms with E-state index in [4.69, 9.17) is 13.9 Å². The average Bonchev–Trinajstić information content (AvgIpc) is 3.31.